The van der Waals surface area contributed by atoms with E-state index in [0.29, 0.717) is 21.8 Å². The molecule has 1 aromatic carbocycles. The Bertz CT molecular complexity index is 412. The van der Waals surface area contributed by atoms with Crippen LogP contribution in [0.3, 0.4) is 0 Å². The second-order valence-electron chi connectivity index (χ2n) is 4.55. The number of para-hydroxylation sites is 1. The largest absolute Gasteiger partial charge is 0.398 e. The van der Waals surface area contributed by atoms with E-state index in [-0.39, 0.29) is 5.91 Å². The van der Waals surface area contributed by atoms with Gasteiger partial charge in [-0.15, -0.1) is 0 Å². The van der Waals surface area contributed by atoms with Crippen LogP contribution in [0.1, 0.15) is 24.2 Å². The average molecular weight is 250 g/mol. The van der Waals surface area contributed by atoms with Crippen LogP contribution in [-0.2, 0) is 0 Å². The molecule has 1 saturated heterocycles. The van der Waals surface area contributed by atoms with Crippen molar-refractivity contribution in [3.8, 4) is 0 Å². The zero-order valence-corrected chi connectivity index (χ0v) is 11.0. The fraction of sp³-hybridized carbons (Fsp3) is 0.462. The van der Waals surface area contributed by atoms with Gasteiger partial charge in [0.1, 0.15) is 0 Å². The SMILES string of the molecule is CC1CN(C(=O)c2ccccc2N)CC(C)S1. The van der Waals surface area contributed by atoms with Gasteiger partial charge in [-0.05, 0) is 12.1 Å². The van der Waals surface area contributed by atoms with E-state index < -0.39 is 0 Å². The van der Waals surface area contributed by atoms with E-state index >= 15 is 0 Å². The smallest absolute Gasteiger partial charge is 0.256 e. The number of anilines is 1. The maximum absolute atomic E-state index is 12.3. The molecule has 2 unspecified atom stereocenters. The van der Waals surface area contributed by atoms with Gasteiger partial charge in [-0.1, -0.05) is 26.0 Å². The van der Waals surface area contributed by atoms with Gasteiger partial charge >= 0.3 is 0 Å². The summed E-state index contributed by atoms with van der Waals surface area (Å²) in [6.45, 7) is 5.94. The number of carbonyl (C=O) groups excluding carboxylic acids is 1. The predicted molar refractivity (Wildman–Crippen MR) is 73.3 cm³/mol. The molecular formula is C13H18N2OS. The molecule has 4 heteroatoms. The number of nitrogens with zero attached hydrogens (tertiary/aromatic N) is 1. The molecule has 1 heterocycles. The first-order valence-corrected chi connectivity index (χ1v) is 6.81. The summed E-state index contributed by atoms with van der Waals surface area (Å²) in [5.41, 5.74) is 7.03. The first kappa shape index (κ1) is 12.3. The summed E-state index contributed by atoms with van der Waals surface area (Å²) in [7, 11) is 0. The van der Waals surface area contributed by atoms with Crippen molar-refractivity contribution in [2.45, 2.75) is 24.3 Å². The zero-order chi connectivity index (χ0) is 12.4. The summed E-state index contributed by atoms with van der Waals surface area (Å²) >= 11 is 1.94. The van der Waals surface area contributed by atoms with Crippen molar-refractivity contribution in [2.75, 3.05) is 18.8 Å². The second kappa shape index (κ2) is 5.00. The van der Waals surface area contributed by atoms with Gasteiger partial charge in [-0.3, -0.25) is 4.79 Å². The molecule has 2 rings (SSSR count). The third-order valence-corrected chi connectivity index (χ3v) is 4.13. The molecule has 0 aromatic heterocycles. The van der Waals surface area contributed by atoms with Crippen molar-refractivity contribution in [3.63, 3.8) is 0 Å². The van der Waals surface area contributed by atoms with Crippen molar-refractivity contribution in [1.29, 1.82) is 0 Å². The number of hydrogen-bond acceptors (Lipinski definition) is 3. The fourth-order valence-corrected chi connectivity index (χ4v) is 3.53. The molecule has 17 heavy (non-hydrogen) atoms. The maximum Gasteiger partial charge on any atom is 0.256 e. The van der Waals surface area contributed by atoms with E-state index in [2.05, 4.69) is 13.8 Å². The number of rotatable bonds is 1. The Kier molecular flexibility index (Phi) is 3.62. The van der Waals surface area contributed by atoms with Gasteiger partial charge in [-0.25, -0.2) is 0 Å². The third-order valence-electron chi connectivity index (χ3n) is 2.90. The van der Waals surface area contributed by atoms with Gasteiger partial charge in [0.25, 0.3) is 5.91 Å². The molecule has 0 spiro atoms. The number of thioether (sulfide) groups is 1. The molecule has 92 valence electrons. The summed E-state index contributed by atoms with van der Waals surface area (Å²) in [4.78, 5) is 14.3. The van der Waals surface area contributed by atoms with Crippen LogP contribution in [-0.4, -0.2) is 34.4 Å². The molecule has 1 aromatic rings. The van der Waals surface area contributed by atoms with E-state index in [1.807, 2.05) is 28.8 Å². The Hall–Kier alpha value is -1.16. The number of nitrogen functional groups attached to an aromatic ring is 1. The first-order chi connectivity index (χ1) is 8.08. The number of benzene rings is 1. The molecule has 2 N–H and O–H groups in total. The highest BCUT2D eigenvalue weighted by molar-refractivity contribution is 8.00. The summed E-state index contributed by atoms with van der Waals surface area (Å²) in [5, 5.41) is 0.986. The van der Waals surface area contributed by atoms with Crippen molar-refractivity contribution < 1.29 is 4.79 Å². The van der Waals surface area contributed by atoms with Crippen LogP contribution in [0, 0.1) is 0 Å². The number of amides is 1. The average Bonchev–Trinajstić information content (AvgIpc) is 2.27. The molecule has 0 radical (unpaired) electrons. The Labute approximate surface area is 106 Å². The molecule has 1 aliphatic rings. The lowest BCUT2D eigenvalue weighted by Gasteiger charge is -2.34. The minimum absolute atomic E-state index is 0.0575. The summed E-state index contributed by atoms with van der Waals surface area (Å²) in [6.07, 6.45) is 0. The van der Waals surface area contributed by atoms with Gasteiger partial charge < -0.3 is 10.6 Å². The molecule has 1 aliphatic heterocycles. The Balaban J connectivity index is 2.17. The van der Waals surface area contributed by atoms with Gasteiger partial charge in [-0.2, -0.15) is 11.8 Å². The number of carbonyl (C=O) groups is 1. The maximum atomic E-state index is 12.3. The normalized spacial score (nSPS) is 24.7. The van der Waals surface area contributed by atoms with Crippen LogP contribution >= 0.6 is 11.8 Å². The quantitative estimate of drug-likeness (QED) is 0.777. The zero-order valence-electron chi connectivity index (χ0n) is 10.2. The van der Waals surface area contributed by atoms with Crippen LogP contribution in [0.4, 0.5) is 5.69 Å². The van der Waals surface area contributed by atoms with Gasteiger partial charge in [0.2, 0.25) is 0 Å². The molecular weight excluding hydrogens is 232 g/mol. The lowest BCUT2D eigenvalue weighted by molar-refractivity contribution is 0.0754. The van der Waals surface area contributed by atoms with E-state index in [1.54, 1.807) is 12.1 Å². The molecule has 2 atom stereocenters. The minimum Gasteiger partial charge on any atom is -0.398 e. The lowest BCUT2D eigenvalue weighted by Crippen LogP contribution is -2.44. The predicted octanol–water partition coefficient (Wildman–Crippen LogP) is 2.23. The van der Waals surface area contributed by atoms with Crippen LogP contribution in [0.25, 0.3) is 0 Å². The van der Waals surface area contributed by atoms with Crippen molar-refractivity contribution >= 4 is 23.4 Å². The topological polar surface area (TPSA) is 46.3 Å². The Morgan fingerprint density at radius 2 is 1.88 bits per heavy atom. The van der Waals surface area contributed by atoms with Crippen molar-refractivity contribution in [1.82, 2.24) is 4.90 Å². The third kappa shape index (κ3) is 2.75. The van der Waals surface area contributed by atoms with E-state index in [1.165, 1.54) is 0 Å². The van der Waals surface area contributed by atoms with Gasteiger partial charge in [0, 0.05) is 29.3 Å². The van der Waals surface area contributed by atoms with Crippen molar-refractivity contribution in [2.24, 2.45) is 0 Å². The molecule has 1 amide bonds. The first-order valence-electron chi connectivity index (χ1n) is 5.87. The van der Waals surface area contributed by atoms with Gasteiger partial charge in [0.05, 0.1) is 5.56 Å². The standard InChI is InChI=1S/C13H18N2OS/c1-9-7-15(8-10(2)17-9)13(16)11-5-3-4-6-12(11)14/h3-6,9-10H,7-8,14H2,1-2H3. The van der Waals surface area contributed by atoms with Crippen LogP contribution in [0.15, 0.2) is 24.3 Å². The molecule has 0 aliphatic carbocycles. The van der Waals surface area contributed by atoms with Crippen LogP contribution in [0.2, 0.25) is 0 Å². The summed E-state index contributed by atoms with van der Waals surface area (Å²) in [5.74, 6) is 0.0575. The minimum atomic E-state index is 0.0575. The highest BCUT2D eigenvalue weighted by Crippen LogP contribution is 2.26. The van der Waals surface area contributed by atoms with Crippen LogP contribution < -0.4 is 5.73 Å². The highest BCUT2D eigenvalue weighted by atomic mass is 32.2. The Morgan fingerprint density at radius 3 is 2.47 bits per heavy atom. The second-order valence-corrected chi connectivity index (χ2v) is 6.44. The molecule has 0 saturated carbocycles. The summed E-state index contributed by atoms with van der Waals surface area (Å²) < 4.78 is 0. The van der Waals surface area contributed by atoms with Crippen LogP contribution in [0.5, 0.6) is 0 Å². The Morgan fingerprint density at radius 1 is 1.29 bits per heavy atom. The number of hydrogen-bond donors (Lipinski definition) is 1. The van der Waals surface area contributed by atoms with E-state index in [9.17, 15) is 4.79 Å². The molecule has 1 fully saturated rings. The van der Waals surface area contributed by atoms with Gasteiger partial charge in [0.15, 0.2) is 0 Å². The van der Waals surface area contributed by atoms with Crippen molar-refractivity contribution in [3.05, 3.63) is 29.8 Å². The fourth-order valence-electron chi connectivity index (χ4n) is 2.21. The molecule has 3 nitrogen and oxygen atoms in total. The summed E-state index contributed by atoms with van der Waals surface area (Å²) in [6, 6.07) is 7.28. The highest BCUT2D eigenvalue weighted by Gasteiger charge is 2.27. The molecule has 0 bridgehead atoms. The number of nitrogens with two attached hydrogens (primary N) is 1. The lowest BCUT2D eigenvalue weighted by atomic mass is 10.1. The monoisotopic (exact) mass is 250 g/mol. The van der Waals surface area contributed by atoms with E-state index in [0.717, 1.165) is 13.1 Å². The van der Waals surface area contributed by atoms with E-state index in [4.69, 9.17) is 5.73 Å².